The summed E-state index contributed by atoms with van der Waals surface area (Å²) in [6.07, 6.45) is 1.07. The van der Waals surface area contributed by atoms with Gasteiger partial charge in [-0.2, -0.15) is 0 Å². The first-order chi connectivity index (χ1) is 14.0. The monoisotopic (exact) mass is 393 g/mol. The molecule has 0 saturated carbocycles. The van der Waals surface area contributed by atoms with Gasteiger partial charge in [0.1, 0.15) is 5.75 Å². The number of amides is 1. The average molecular weight is 393 g/mol. The van der Waals surface area contributed by atoms with Crippen LogP contribution in [0.2, 0.25) is 0 Å². The maximum absolute atomic E-state index is 13.0. The van der Waals surface area contributed by atoms with Gasteiger partial charge in [0.25, 0.3) is 11.5 Å². The summed E-state index contributed by atoms with van der Waals surface area (Å²) in [5, 5.41) is 0. The van der Waals surface area contributed by atoms with Gasteiger partial charge in [0.15, 0.2) is 12.4 Å². The van der Waals surface area contributed by atoms with Gasteiger partial charge < -0.3 is 14.2 Å². The molecule has 1 aromatic heterocycles. The van der Waals surface area contributed by atoms with Crippen molar-refractivity contribution in [2.45, 2.75) is 18.9 Å². The molecule has 0 radical (unpaired) electrons. The number of carbonyl (C=O) groups is 2. The number of ether oxygens (including phenoxy) is 1. The number of rotatable bonds is 3. The predicted molar refractivity (Wildman–Crippen MR) is 108 cm³/mol. The minimum absolute atomic E-state index is 0.0257. The predicted octanol–water partition coefficient (Wildman–Crippen LogP) is 1.51. The molecule has 3 aliphatic rings. The van der Waals surface area contributed by atoms with Crippen LogP contribution < -0.4 is 15.2 Å². The van der Waals surface area contributed by atoms with Gasteiger partial charge in [-0.3, -0.25) is 19.3 Å². The van der Waals surface area contributed by atoms with E-state index in [1.165, 1.54) is 4.90 Å². The number of nitrogens with zero attached hydrogens (tertiary/aromatic N) is 3. The SMILES string of the molecule is CN1C(=O)COc2ccc(C(=O)CN3CC4CC(C3)c3cccc(=O)n3C4)cc21. The van der Waals surface area contributed by atoms with E-state index in [9.17, 15) is 14.4 Å². The summed E-state index contributed by atoms with van der Waals surface area (Å²) in [5.41, 5.74) is 2.37. The van der Waals surface area contributed by atoms with Crippen LogP contribution in [-0.4, -0.2) is 54.4 Å². The van der Waals surface area contributed by atoms with Crippen molar-refractivity contribution in [1.82, 2.24) is 9.47 Å². The molecule has 2 bridgehead atoms. The van der Waals surface area contributed by atoms with Crippen LogP contribution in [-0.2, 0) is 11.3 Å². The summed E-state index contributed by atoms with van der Waals surface area (Å²) in [6.45, 7) is 2.67. The minimum atomic E-state index is -0.125. The van der Waals surface area contributed by atoms with Gasteiger partial charge >= 0.3 is 0 Å². The van der Waals surface area contributed by atoms with E-state index in [2.05, 4.69) is 4.90 Å². The maximum atomic E-state index is 13.0. The number of fused-ring (bicyclic) bond motifs is 5. The summed E-state index contributed by atoms with van der Waals surface area (Å²) in [6, 6.07) is 10.8. The molecule has 0 aliphatic carbocycles. The average Bonchev–Trinajstić information content (AvgIpc) is 2.71. The zero-order valence-corrected chi connectivity index (χ0v) is 16.3. The summed E-state index contributed by atoms with van der Waals surface area (Å²) in [5.74, 6) is 1.20. The molecule has 5 rings (SSSR count). The molecule has 3 aliphatic heterocycles. The lowest BCUT2D eigenvalue weighted by atomic mass is 9.83. The van der Waals surface area contributed by atoms with E-state index < -0.39 is 0 Å². The van der Waals surface area contributed by atoms with Crippen LogP contribution in [0.1, 0.15) is 28.4 Å². The number of benzene rings is 1. The quantitative estimate of drug-likeness (QED) is 0.739. The number of hydrogen-bond donors (Lipinski definition) is 0. The van der Waals surface area contributed by atoms with E-state index in [0.29, 0.717) is 29.5 Å². The number of pyridine rings is 1. The van der Waals surface area contributed by atoms with Crippen molar-refractivity contribution in [2.75, 3.05) is 38.2 Å². The normalized spacial score (nSPS) is 23.2. The number of anilines is 1. The van der Waals surface area contributed by atoms with Gasteiger partial charge in [-0.25, -0.2) is 0 Å². The Morgan fingerprint density at radius 1 is 1.14 bits per heavy atom. The molecule has 150 valence electrons. The van der Waals surface area contributed by atoms with Crippen LogP contribution in [0.25, 0.3) is 0 Å². The van der Waals surface area contributed by atoms with Crippen LogP contribution in [0.15, 0.2) is 41.2 Å². The molecular weight excluding hydrogens is 370 g/mol. The Balaban J connectivity index is 1.34. The van der Waals surface area contributed by atoms with Crippen LogP contribution >= 0.6 is 0 Å². The Kier molecular flexibility index (Phi) is 4.28. The summed E-state index contributed by atoms with van der Waals surface area (Å²) in [4.78, 5) is 40.7. The molecule has 7 nitrogen and oxygen atoms in total. The van der Waals surface area contributed by atoms with E-state index in [1.807, 2.05) is 16.7 Å². The number of likely N-dealkylation sites (N-methyl/N-ethyl adjacent to an activating group) is 1. The highest BCUT2D eigenvalue weighted by Crippen LogP contribution is 2.35. The molecule has 2 unspecified atom stereocenters. The van der Waals surface area contributed by atoms with Gasteiger partial charge in [-0.05, 0) is 36.6 Å². The van der Waals surface area contributed by atoms with Crippen molar-refractivity contribution >= 4 is 17.4 Å². The number of carbonyl (C=O) groups excluding carboxylic acids is 2. The van der Waals surface area contributed by atoms with Crippen molar-refractivity contribution in [2.24, 2.45) is 5.92 Å². The highest BCUT2D eigenvalue weighted by atomic mass is 16.5. The second-order valence-electron chi connectivity index (χ2n) is 8.24. The zero-order chi connectivity index (χ0) is 20.1. The largest absolute Gasteiger partial charge is 0.482 e. The Morgan fingerprint density at radius 3 is 2.86 bits per heavy atom. The third-order valence-corrected chi connectivity index (χ3v) is 6.29. The van der Waals surface area contributed by atoms with E-state index >= 15 is 0 Å². The number of piperidine rings is 1. The van der Waals surface area contributed by atoms with Crippen molar-refractivity contribution in [3.63, 3.8) is 0 Å². The lowest BCUT2D eigenvalue weighted by Crippen LogP contribution is -2.48. The Labute approximate surface area is 168 Å². The van der Waals surface area contributed by atoms with Gasteiger partial charge in [0, 0.05) is 49.9 Å². The fraction of sp³-hybridized carbons (Fsp3) is 0.409. The third kappa shape index (κ3) is 3.15. The first-order valence-corrected chi connectivity index (χ1v) is 9.98. The third-order valence-electron chi connectivity index (χ3n) is 6.29. The molecule has 0 spiro atoms. The second kappa shape index (κ2) is 6.84. The highest BCUT2D eigenvalue weighted by Gasteiger charge is 2.35. The van der Waals surface area contributed by atoms with E-state index in [0.717, 1.165) is 31.7 Å². The fourth-order valence-corrected chi connectivity index (χ4v) is 4.86. The molecule has 1 fully saturated rings. The number of hydrogen-bond acceptors (Lipinski definition) is 5. The van der Waals surface area contributed by atoms with Crippen molar-refractivity contribution in [3.8, 4) is 5.75 Å². The summed E-state index contributed by atoms with van der Waals surface area (Å²) in [7, 11) is 1.70. The van der Waals surface area contributed by atoms with E-state index in [-0.39, 0.29) is 29.8 Å². The minimum Gasteiger partial charge on any atom is -0.482 e. The standard InChI is InChI=1S/C22H23N3O4/c1-23-18-8-15(5-6-20(18)29-13-22(23)28)19(26)12-24-9-14-7-16(11-24)17-3-2-4-21(27)25(17)10-14/h2-6,8,14,16H,7,9-13H2,1H3. The molecule has 2 atom stereocenters. The van der Waals surface area contributed by atoms with Crippen LogP contribution in [0.3, 0.4) is 0 Å². The topological polar surface area (TPSA) is 71.8 Å². The van der Waals surface area contributed by atoms with Crippen LogP contribution in [0.4, 0.5) is 5.69 Å². The fourth-order valence-electron chi connectivity index (χ4n) is 4.86. The van der Waals surface area contributed by atoms with Gasteiger partial charge in [-0.15, -0.1) is 0 Å². The number of Topliss-reactive ketones (excluding diaryl/α,β-unsaturated/α-hetero) is 1. The molecule has 1 amide bonds. The number of ketones is 1. The van der Waals surface area contributed by atoms with Gasteiger partial charge in [0.05, 0.1) is 12.2 Å². The van der Waals surface area contributed by atoms with E-state index in [4.69, 9.17) is 4.74 Å². The second-order valence-corrected chi connectivity index (χ2v) is 8.24. The van der Waals surface area contributed by atoms with Crippen LogP contribution in [0.5, 0.6) is 5.75 Å². The lowest BCUT2D eigenvalue weighted by Gasteiger charge is -2.42. The van der Waals surface area contributed by atoms with Crippen molar-refractivity contribution < 1.29 is 14.3 Å². The van der Waals surface area contributed by atoms with Crippen LogP contribution in [0, 0.1) is 5.92 Å². The molecule has 1 aromatic carbocycles. The Morgan fingerprint density at radius 2 is 2.00 bits per heavy atom. The Hall–Kier alpha value is -2.93. The van der Waals surface area contributed by atoms with E-state index in [1.54, 1.807) is 31.3 Å². The maximum Gasteiger partial charge on any atom is 0.264 e. The zero-order valence-electron chi connectivity index (χ0n) is 16.3. The highest BCUT2D eigenvalue weighted by molar-refractivity contribution is 6.02. The molecule has 29 heavy (non-hydrogen) atoms. The van der Waals surface area contributed by atoms with Gasteiger partial charge in [0.2, 0.25) is 0 Å². The first kappa shape index (κ1) is 18.1. The smallest absolute Gasteiger partial charge is 0.264 e. The van der Waals surface area contributed by atoms with Crippen molar-refractivity contribution in [3.05, 3.63) is 58.0 Å². The number of aromatic nitrogens is 1. The molecular formula is C22H23N3O4. The number of likely N-dealkylation sites (tertiary alicyclic amines) is 1. The summed E-state index contributed by atoms with van der Waals surface area (Å²) >= 11 is 0. The lowest BCUT2D eigenvalue weighted by molar-refractivity contribution is -0.120. The molecule has 7 heteroatoms. The molecule has 0 N–H and O–H groups in total. The first-order valence-electron chi connectivity index (χ1n) is 9.98. The molecule has 1 saturated heterocycles. The van der Waals surface area contributed by atoms with Gasteiger partial charge in [-0.1, -0.05) is 6.07 Å². The summed E-state index contributed by atoms with van der Waals surface area (Å²) < 4.78 is 7.34. The molecule has 2 aromatic rings. The Bertz CT molecular complexity index is 1060. The van der Waals surface area contributed by atoms with Crippen molar-refractivity contribution in [1.29, 1.82) is 0 Å². The molecule has 4 heterocycles.